The van der Waals surface area contributed by atoms with Crippen LogP contribution in [0.4, 0.5) is 0 Å². The number of carbonyl (C=O) groups is 4. The standard InChI is InChI=1S/C32H42N4O5/c1-19(33-5)28(37)35-27(32(2,3)4)30(39)36-18-23-16-22(31(40)41-6)15-14-21(23)17-26(36)29(38)34-25-13-9-11-20-10-7-8-12-24(20)25/h7-8,10,12,14-16,19,25-27,33H,9,11,13,17-18H2,1-6H3,(H,34,38)(H,35,37)/t19-,25+,26-,27?/m0/s1. The second-order valence-corrected chi connectivity index (χ2v) is 12.1. The Hall–Kier alpha value is -3.72. The van der Waals surface area contributed by atoms with Crippen LogP contribution in [0.3, 0.4) is 0 Å². The zero-order valence-corrected chi connectivity index (χ0v) is 24.9. The summed E-state index contributed by atoms with van der Waals surface area (Å²) in [6.07, 6.45) is 3.06. The SMILES string of the molecule is CN[C@@H](C)C(=O)NC(C(=O)N1Cc2cc(C(=O)OC)ccc2C[C@H]1C(=O)N[C@@H]1CCCc2ccccc21)C(C)(C)C. The zero-order chi connectivity index (χ0) is 29.9. The molecular formula is C32H42N4O5. The van der Waals surface area contributed by atoms with Crippen LogP contribution < -0.4 is 16.0 Å². The molecule has 0 bridgehead atoms. The smallest absolute Gasteiger partial charge is 0.337 e. The van der Waals surface area contributed by atoms with Crippen molar-refractivity contribution >= 4 is 23.7 Å². The molecule has 9 nitrogen and oxygen atoms in total. The van der Waals surface area contributed by atoms with E-state index in [2.05, 4.69) is 28.1 Å². The normalized spacial score (nSPS) is 19.7. The summed E-state index contributed by atoms with van der Waals surface area (Å²) >= 11 is 0. The molecule has 1 unspecified atom stereocenters. The number of hydrogen-bond acceptors (Lipinski definition) is 6. The van der Waals surface area contributed by atoms with Crippen molar-refractivity contribution in [1.29, 1.82) is 0 Å². The lowest BCUT2D eigenvalue weighted by atomic mass is 9.83. The number of esters is 1. The molecule has 1 heterocycles. The summed E-state index contributed by atoms with van der Waals surface area (Å²) in [7, 11) is 3.01. The van der Waals surface area contributed by atoms with Crippen molar-refractivity contribution in [2.24, 2.45) is 5.41 Å². The predicted octanol–water partition coefficient (Wildman–Crippen LogP) is 3.06. The Balaban J connectivity index is 1.69. The average molecular weight is 563 g/mol. The van der Waals surface area contributed by atoms with Crippen LogP contribution in [-0.4, -0.2) is 60.9 Å². The lowest BCUT2D eigenvalue weighted by Crippen LogP contribution is -2.62. The van der Waals surface area contributed by atoms with Crippen molar-refractivity contribution in [1.82, 2.24) is 20.9 Å². The molecule has 0 fully saturated rings. The third kappa shape index (κ3) is 6.62. The van der Waals surface area contributed by atoms with E-state index in [0.717, 1.165) is 36.0 Å². The van der Waals surface area contributed by atoms with E-state index in [0.29, 0.717) is 12.0 Å². The number of hydrogen-bond donors (Lipinski definition) is 3. The van der Waals surface area contributed by atoms with E-state index in [1.807, 2.05) is 39.0 Å². The van der Waals surface area contributed by atoms with Crippen LogP contribution in [0.25, 0.3) is 0 Å². The highest BCUT2D eigenvalue weighted by molar-refractivity contribution is 5.94. The Morgan fingerprint density at radius 2 is 1.76 bits per heavy atom. The second-order valence-electron chi connectivity index (χ2n) is 12.1. The first-order chi connectivity index (χ1) is 19.4. The summed E-state index contributed by atoms with van der Waals surface area (Å²) in [5.41, 5.74) is 3.77. The van der Waals surface area contributed by atoms with Crippen molar-refractivity contribution in [2.45, 2.75) is 84.1 Å². The van der Waals surface area contributed by atoms with Gasteiger partial charge in [0.25, 0.3) is 0 Å². The molecule has 1 aliphatic heterocycles. The molecule has 4 rings (SSSR count). The van der Waals surface area contributed by atoms with Gasteiger partial charge in [0, 0.05) is 13.0 Å². The van der Waals surface area contributed by atoms with Gasteiger partial charge in [-0.2, -0.15) is 0 Å². The molecule has 41 heavy (non-hydrogen) atoms. The fourth-order valence-electron chi connectivity index (χ4n) is 5.68. The monoisotopic (exact) mass is 562 g/mol. The number of fused-ring (bicyclic) bond motifs is 2. The average Bonchev–Trinajstić information content (AvgIpc) is 2.97. The number of ether oxygens (including phenoxy) is 1. The molecule has 2 aromatic carbocycles. The summed E-state index contributed by atoms with van der Waals surface area (Å²) in [6.45, 7) is 7.52. The molecule has 0 radical (unpaired) electrons. The van der Waals surface area contributed by atoms with E-state index in [-0.39, 0.29) is 30.3 Å². The fraction of sp³-hybridized carbons (Fsp3) is 0.500. The Morgan fingerprint density at radius 1 is 1.02 bits per heavy atom. The zero-order valence-electron chi connectivity index (χ0n) is 24.9. The van der Waals surface area contributed by atoms with Crippen LogP contribution in [0.1, 0.15) is 79.2 Å². The van der Waals surface area contributed by atoms with Crippen LogP contribution in [0.2, 0.25) is 0 Å². The molecule has 4 atom stereocenters. The minimum Gasteiger partial charge on any atom is -0.465 e. The third-order valence-corrected chi connectivity index (χ3v) is 8.26. The summed E-state index contributed by atoms with van der Waals surface area (Å²) in [5, 5.41) is 9.07. The van der Waals surface area contributed by atoms with Crippen LogP contribution in [0.15, 0.2) is 42.5 Å². The van der Waals surface area contributed by atoms with Gasteiger partial charge in [-0.15, -0.1) is 0 Å². The maximum absolute atomic E-state index is 14.3. The predicted molar refractivity (Wildman–Crippen MR) is 156 cm³/mol. The number of benzene rings is 2. The summed E-state index contributed by atoms with van der Waals surface area (Å²) in [5.74, 6) is -1.34. The van der Waals surface area contributed by atoms with Gasteiger partial charge in [-0.3, -0.25) is 14.4 Å². The Bertz CT molecular complexity index is 1320. The molecule has 0 saturated heterocycles. The molecule has 1 aliphatic carbocycles. The summed E-state index contributed by atoms with van der Waals surface area (Å²) in [4.78, 5) is 55.0. The number of nitrogens with zero attached hydrogens (tertiary/aromatic N) is 1. The Kier molecular flexibility index (Phi) is 9.17. The van der Waals surface area contributed by atoms with Gasteiger partial charge >= 0.3 is 5.97 Å². The van der Waals surface area contributed by atoms with Gasteiger partial charge in [0.15, 0.2) is 0 Å². The molecule has 9 heteroatoms. The van der Waals surface area contributed by atoms with E-state index in [1.165, 1.54) is 12.7 Å². The maximum Gasteiger partial charge on any atom is 0.337 e. The molecule has 2 aliphatic rings. The van der Waals surface area contributed by atoms with Crippen molar-refractivity contribution in [3.63, 3.8) is 0 Å². The third-order valence-electron chi connectivity index (χ3n) is 8.26. The lowest BCUT2D eigenvalue weighted by molar-refractivity contribution is -0.147. The van der Waals surface area contributed by atoms with Gasteiger partial charge in [0.2, 0.25) is 17.7 Å². The first-order valence-corrected chi connectivity index (χ1v) is 14.3. The molecule has 0 aromatic heterocycles. The second kappa shape index (κ2) is 12.4. The van der Waals surface area contributed by atoms with E-state index in [1.54, 1.807) is 31.0 Å². The highest BCUT2D eigenvalue weighted by atomic mass is 16.5. The van der Waals surface area contributed by atoms with Crippen LogP contribution in [-0.2, 0) is 38.5 Å². The van der Waals surface area contributed by atoms with E-state index < -0.39 is 29.5 Å². The minimum atomic E-state index is -0.873. The number of aryl methyl sites for hydroxylation is 1. The number of likely N-dealkylation sites (N-methyl/N-ethyl adjacent to an activating group) is 1. The van der Waals surface area contributed by atoms with Crippen molar-refractivity contribution < 1.29 is 23.9 Å². The van der Waals surface area contributed by atoms with Gasteiger partial charge in [-0.25, -0.2) is 4.79 Å². The van der Waals surface area contributed by atoms with Gasteiger partial charge in [0.05, 0.1) is 24.8 Å². The highest BCUT2D eigenvalue weighted by Gasteiger charge is 2.43. The van der Waals surface area contributed by atoms with Crippen LogP contribution >= 0.6 is 0 Å². The summed E-state index contributed by atoms with van der Waals surface area (Å²) < 4.78 is 4.90. The van der Waals surface area contributed by atoms with E-state index in [4.69, 9.17) is 4.74 Å². The molecule has 0 saturated carbocycles. The molecule has 220 valence electrons. The number of carbonyl (C=O) groups excluding carboxylic acids is 4. The highest BCUT2D eigenvalue weighted by Crippen LogP contribution is 2.32. The maximum atomic E-state index is 14.3. The number of rotatable bonds is 7. The molecule has 3 N–H and O–H groups in total. The Labute approximate surface area is 242 Å². The summed E-state index contributed by atoms with van der Waals surface area (Å²) in [6, 6.07) is 11.1. The van der Waals surface area contributed by atoms with Gasteiger partial charge in [-0.1, -0.05) is 51.1 Å². The van der Waals surface area contributed by atoms with Crippen LogP contribution in [0.5, 0.6) is 0 Å². The first-order valence-electron chi connectivity index (χ1n) is 14.3. The van der Waals surface area contributed by atoms with E-state index >= 15 is 0 Å². The number of methoxy groups -OCH3 is 1. The molecule has 2 aromatic rings. The lowest BCUT2D eigenvalue weighted by Gasteiger charge is -2.41. The largest absolute Gasteiger partial charge is 0.465 e. The number of nitrogens with one attached hydrogen (secondary N) is 3. The molecule has 3 amide bonds. The quantitative estimate of drug-likeness (QED) is 0.447. The van der Waals surface area contributed by atoms with Gasteiger partial charge < -0.3 is 25.6 Å². The van der Waals surface area contributed by atoms with Crippen molar-refractivity contribution in [3.8, 4) is 0 Å². The first kappa shape index (κ1) is 30.2. The van der Waals surface area contributed by atoms with E-state index in [9.17, 15) is 19.2 Å². The van der Waals surface area contributed by atoms with Crippen molar-refractivity contribution in [3.05, 3.63) is 70.3 Å². The molecule has 0 spiro atoms. The topological polar surface area (TPSA) is 117 Å². The fourth-order valence-corrected chi connectivity index (χ4v) is 5.68. The molecular weight excluding hydrogens is 520 g/mol. The van der Waals surface area contributed by atoms with Crippen LogP contribution in [0, 0.1) is 5.41 Å². The minimum absolute atomic E-state index is 0.127. The Morgan fingerprint density at radius 3 is 2.44 bits per heavy atom. The van der Waals surface area contributed by atoms with Gasteiger partial charge in [0.1, 0.15) is 12.1 Å². The van der Waals surface area contributed by atoms with Gasteiger partial charge in [-0.05, 0) is 73.0 Å². The van der Waals surface area contributed by atoms with Crippen molar-refractivity contribution in [2.75, 3.05) is 14.2 Å². The number of amides is 3.